The van der Waals surface area contributed by atoms with Gasteiger partial charge in [0, 0.05) is 12.6 Å². The molecule has 0 radical (unpaired) electrons. The Hall–Kier alpha value is -3.39. The molecule has 1 aromatic heterocycles. The highest BCUT2D eigenvalue weighted by atomic mass is 32.1. The lowest BCUT2D eigenvalue weighted by molar-refractivity contribution is -0.125. The van der Waals surface area contributed by atoms with Crippen molar-refractivity contribution in [2.24, 2.45) is 0 Å². The van der Waals surface area contributed by atoms with Crippen LogP contribution in [0.25, 0.3) is 0 Å². The van der Waals surface area contributed by atoms with Crippen LogP contribution in [0.4, 0.5) is 10.7 Å². The van der Waals surface area contributed by atoms with Crippen LogP contribution in [-0.4, -0.2) is 30.4 Å². The Balaban J connectivity index is 1.92. The van der Waals surface area contributed by atoms with Crippen LogP contribution >= 0.6 is 11.5 Å². The monoisotopic (exact) mass is 425 g/mol. The molecule has 0 aliphatic heterocycles. The maximum Gasteiger partial charge on any atom is 0.344 e. The first-order chi connectivity index (χ1) is 14.4. The van der Waals surface area contributed by atoms with Gasteiger partial charge in [-0.15, -0.1) is 0 Å². The second kappa shape index (κ2) is 9.41. The van der Waals surface area contributed by atoms with Crippen LogP contribution in [0.5, 0.6) is 5.75 Å². The standard InChI is InChI=1S/C22H23N3O4S/c1-13-10-11-17(28-4)16(12-13)24-20(26)19(15-8-6-5-7-9-15)29-22(27)18-14(2)25-30-21(18)23-3/h5-12,19,23H,1-4H3,(H,24,26). The molecule has 0 saturated carbocycles. The highest BCUT2D eigenvalue weighted by molar-refractivity contribution is 7.10. The second-order valence-electron chi connectivity index (χ2n) is 6.61. The third-order valence-electron chi connectivity index (χ3n) is 4.47. The zero-order valence-corrected chi connectivity index (χ0v) is 18.0. The third-order valence-corrected chi connectivity index (χ3v) is 5.43. The summed E-state index contributed by atoms with van der Waals surface area (Å²) in [7, 11) is 3.23. The molecule has 0 fully saturated rings. The van der Waals surface area contributed by atoms with Crippen molar-refractivity contribution in [1.29, 1.82) is 0 Å². The number of carbonyl (C=O) groups is 2. The van der Waals surface area contributed by atoms with Gasteiger partial charge in [-0.1, -0.05) is 36.4 Å². The van der Waals surface area contributed by atoms with Gasteiger partial charge in [0.15, 0.2) is 0 Å². The van der Waals surface area contributed by atoms with E-state index in [4.69, 9.17) is 9.47 Å². The Morgan fingerprint density at radius 1 is 1.10 bits per heavy atom. The molecule has 0 saturated heterocycles. The van der Waals surface area contributed by atoms with E-state index in [1.165, 1.54) is 18.6 Å². The molecule has 156 valence electrons. The number of aromatic nitrogens is 1. The van der Waals surface area contributed by atoms with E-state index in [9.17, 15) is 9.59 Å². The van der Waals surface area contributed by atoms with Crippen molar-refractivity contribution in [2.45, 2.75) is 20.0 Å². The average molecular weight is 426 g/mol. The molecule has 1 amide bonds. The van der Waals surface area contributed by atoms with Crippen molar-refractivity contribution in [1.82, 2.24) is 4.37 Å². The Morgan fingerprint density at radius 3 is 2.50 bits per heavy atom. The molecule has 1 unspecified atom stereocenters. The number of methoxy groups -OCH3 is 1. The van der Waals surface area contributed by atoms with Gasteiger partial charge in [-0.2, -0.15) is 4.37 Å². The number of rotatable bonds is 7. The summed E-state index contributed by atoms with van der Waals surface area (Å²) >= 11 is 1.17. The van der Waals surface area contributed by atoms with Crippen LogP contribution in [-0.2, 0) is 9.53 Å². The Kier molecular flexibility index (Phi) is 6.68. The minimum Gasteiger partial charge on any atom is -0.495 e. The minimum absolute atomic E-state index is 0.323. The molecule has 0 bridgehead atoms. The molecule has 30 heavy (non-hydrogen) atoms. The van der Waals surface area contributed by atoms with E-state index >= 15 is 0 Å². The second-order valence-corrected chi connectivity index (χ2v) is 7.38. The summed E-state index contributed by atoms with van der Waals surface area (Å²) in [6.07, 6.45) is -1.15. The van der Waals surface area contributed by atoms with E-state index in [-0.39, 0.29) is 0 Å². The summed E-state index contributed by atoms with van der Waals surface area (Å²) in [6, 6.07) is 14.3. The van der Waals surface area contributed by atoms with E-state index in [1.54, 1.807) is 50.4 Å². The smallest absolute Gasteiger partial charge is 0.344 e. The van der Waals surface area contributed by atoms with Gasteiger partial charge in [-0.25, -0.2) is 4.79 Å². The number of carbonyl (C=O) groups excluding carboxylic acids is 2. The summed E-state index contributed by atoms with van der Waals surface area (Å²) in [6.45, 7) is 3.64. The molecule has 0 aliphatic rings. The number of nitrogens with zero attached hydrogens (tertiary/aromatic N) is 1. The number of aryl methyl sites for hydroxylation is 2. The number of hydrogen-bond donors (Lipinski definition) is 2. The molecule has 1 heterocycles. The first-order valence-corrected chi connectivity index (χ1v) is 10.1. The first-order valence-electron chi connectivity index (χ1n) is 9.30. The van der Waals surface area contributed by atoms with Crippen LogP contribution < -0.4 is 15.4 Å². The largest absolute Gasteiger partial charge is 0.495 e. The van der Waals surface area contributed by atoms with Gasteiger partial charge in [0.05, 0.1) is 18.5 Å². The molecule has 0 spiro atoms. The lowest BCUT2D eigenvalue weighted by atomic mass is 10.1. The van der Waals surface area contributed by atoms with Crippen molar-refractivity contribution in [2.75, 3.05) is 24.8 Å². The fourth-order valence-electron chi connectivity index (χ4n) is 2.97. The number of benzene rings is 2. The molecule has 3 aromatic rings. The SMILES string of the molecule is CNc1snc(C)c1C(=O)OC(C(=O)Nc1cc(C)ccc1OC)c1ccccc1. The summed E-state index contributed by atoms with van der Waals surface area (Å²) in [5.41, 5.74) is 2.88. The van der Waals surface area contributed by atoms with Gasteiger partial charge in [-0.3, -0.25) is 4.79 Å². The maximum atomic E-state index is 13.2. The van der Waals surface area contributed by atoms with Gasteiger partial charge in [0.1, 0.15) is 16.3 Å². The molecule has 8 heteroatoms. The normalized spacial score (nSPS) is 11.5. The van der Waals surface area contributed by atoms with Gasteiger partial charge in [0.25, 0.3) is 5.91 Å². The van der Waals surface area contributed by atoms with Gasteiger partial charge in [0.2, 0.25) is 6.10 Å². The van der Waals surface area contributed by atoms with Crippen LogP contribution in [0.15, 0.2) is 48.5 Å². The lowest BCUT2D eigenvalue weighted by Crippen LogP contribution is -2.26. The molecular weight excluding hydrogens is 402 g/mol. The fraction of sp³-hybridized carbons (Fsp3) is 0.227. The topological polar surface area (TPSA) is 89.5 Å². The van der Waals surface area contributed by atoms with Crippen LogP contribution in [0, 0.1) is 13.8 Å². The fourth-order valence-corrected chi connectivity index (χ4v) is 3.70. The molecule has 2 N–H and O–H groups in total. The predicted octanol–water partition coefficient (Wildman–Crippen LogP) is 4.35. The molecule has 7 nitrogen and oxygen atoms in total. The quantitative estimate of drug-likeness (QED) is 0.547. The lowest BCUT2D eigenvalue weighted by Gasteiger charge is -2.19. The number of nitrogens with one attached hydrogen (secondary N) is 2. The molecule has 0 aliphatic carbocycles. The van der Waals surface area contributed by atoms with Gasteiger partial charge < -0.3 is 20.1 Å². The van der Waals surface area contributed by atoms with E-state index < -0.39 is 18.0 Å². The highest BCUT2D eigenvalue weighted by Gasteiger charge is 2.29. The third kappa shape index (κ3) is 4.60. The van der Waals surface area contributed by atoms with Gasteiger partial charge in [-0.05, 0) is 43.1 Å². The van der Waals surface area contributed by atoms with E-state index in [0.717, 1.165) is 5.56 Å². The molecule has 2 aromatic carbocycles. The number of hydrogen-bond acceptors (Lipinski definition) is 7. The Labute approximate surface area is 179 Å². The minimum atomic E-state index is -1.15. The number of anilines is 2. The molecule has 3 rings (SSSR count). The zero-order chi connectivity index (χ0) is 21.7. The van der Waals surface area contributed by atoms with E-state index in [0.29, 0.717) is 33.3 Å². The van der Waals surface area contributed by atoms with Crippen molar-refractivity contribution < 1.29 is 19.1 Å². The van der Waals surface area contributed by atoms with Crippen molar-refractivity contribution in [3.05, 3.63) is 70.9 Å². The van der Waals surface area contributed by atoms with Crippen molar-refractivity contribution in [3.63, 3.8) is 0 Å². The van der Waals surface area contributed by atoms with E-state index in [2.05, 4.69) is 15.0 Å². The average Bonchev–Trinajstić information content (AvgIpc) is 3.13. The maximum absolute atomic E-state index is 13.2. The summed E-state index contributed by atoms with van der Waals surface area (Å²) < 4.78 is 15.2. The highest BCUT2D eigenvalue weighted by Crippen LogP contribution is 2.30. The first kappa shape index (κ1) is 21.3. The molecule has 1 atom stereocenters. The zero-order valence-electron chi connectivity index (χ0n) is 17.2. The number of ether oxygens (including phenoxy) is 2. The van der Waals surface area contributed by atoms with Crippen LogP contribution in [0.3, 0.4) is 0 Å². The Morgan fingerprint density at radius 2 is 1.83 bits per heavy atom. The Bertz CT molecular complexity index is 1050. The van der Waals surface area contributed by atoms with Crippen LogP contribution in [0.1, 0.15) is 33.3 Å². The number of esters is 1. The van der Waals surface area contributed by atoms with E-state index in [1.807, 2.05) is 19.1 Å². The summed E-state index contributed by atoms with van der Waals surface area (Å²) in [4.78, 5) is 26.1. The summed E-state index contributed by atoms with van der Waals surface area (Å²) in [5, 5.41) is 6.35. The number of amides is 1. The van der Waals surface area contributed by atoms with Crippen LogP contribution in [0.2, 0.25) is 0 Å². The summed E-state index contributed by atoms with van der Waals surface area (Å²) in [5.74, 6) is -0.585. The molecular formula is C22H23N3O4S. The van der Waals surface area contributed by atoms with Crippen molar-refractivity contribution in [3.8, 4) is 5.75 Å². The predicted molar refractivity (Wildman–Crippen MR) is 117 cm³/mol. The van der Waals surface area contributed by atoms with Crippen molar-refractivity contribution >= 4 is 34.1 Å². The van der Waals surface area contributed by atoms with Gasteiger partial charge >= 0.3 is 5.97 Å².